The van der Waals surface area contributed by atoms with E-state index in [0.717, 1.165) is 12.8 Å². The molecule has 2 fully saturated rings. The van der Waals surface area contributed by atoms with Crippen LogP contribution in [0, 0.1) is 0 Å². The van der Waals surface area contributed by atoms with Crippen LogP contribution >= 0.6 is 0 Å². The van der Waals surface area contributed by atoms with E-state index in [-0.39, 0.29) is 12.1 Å². The second kappa shape index (κ2) is 5.40. The first-order valence-corrected chi connectivity index (χ1v) is 7.55. The minimum atomic E-state index is -0.608. The Labute approximate surface area is 122 Å². The number of rotatable bonds is 1. The largest absolute Gasteiger partial charge is 0.444 e. The Morgan fingerprint density at radius 3 is 2.50 bits per heavy atom. The Kier molecular flexibility index (Phi) is 4.14. The fourth-order valence-electron chi connectivity index (χ4n) is 2.89. The molecule has 1 aliphatic carbocycles. The van der Waals surface area contributed by atoms with Crippen molar-refractivity contribution in [3.05, 3.63) is 11.6 Å². The highest BCUT2D eigenvalue weighted by Crippen LogP contribution is 2.32. The number of hydrogen-bond acceptors (Lipinski definition) is 3. The highest BCUT2D eigenvalue weighted by Gasteiger charge is 2.44. The minimum absolute atomic E-state index is 0.00653. The van der Waals surface area contributed by atoms with Gasteiger partial charge in [-0.3, -0.25) is 4.90 Å². The summed E-state index contributed by atoms with van der Waals surface area (Å²) in [6.45, 7) is 10.1. The predicted octanol–water partition coefficient (Wildman–Crippen LogP) is 3.86. The van der Waals surface area contributed by atoms with Crippen molar-refractivity contribution in [3.63, 3.8) is 0 Å². The van der Waals surface area contributed by atoms with Crippen molar-refractivity contribution < 1.29 is 14.3 Å². The molecule has 1 atom stereocenters. The van der Waals surface area contributed by atoms with Crippen molar-refractivity contribution >= 4 is 6.09 Å². The van der Waals surface area contributed by atoms with Crippen molar-refractivity contribution in [2.45, 2.75) is 77.7 Å². The SMILES string of the molecule is CC(C)(C)OC(=O)N1[C@@H](C=C2CCCC2)COC1(C)C. The molecule has 114 valence electrons. The van der Waals surface area contributed by atoms with Gasteiger partial charge >= 0.3 is 6.09 Å². The first-order chi connectivity index (χ1) is 9.19. The Hall–Kier alpha value is -1.03. The van der Waals surface area contributed by atoms with E-state index in [1.165, 1.54) is 18.4 Å². The highest BCUT2D eigenvalue weighted by molar-refractivity contribution is 5.70. The molecule has 1 saturated heterocycles. The lowest BCUT2D eigenvalue weighted by Gasteiger charge is -2.34. The molecule has 20 heavy (non-hydrogen) atoms. The quantitative estimate of drug-likeness (QED) is 0.685. The van der Waals surface area contributed by atoms with E-state index in [2.05, 4.69) is 6.08 Å². The average molecular weight is 281 g/mol. The lowest BCUT2D eigenvalue weighted by molar-refractivity contribution is -0.0610. The standard InChI is InChI=1S/C16H27NO3/c1-15(2,3)20-14(18)17-13(11-19-16(17,4)5)10-12-8-6-7-9-12/h10,13H,6-9,11H2,1-5H3/t13-/m0/s1. The Morgan fingerprint density at radius 2 is 1.95 bits per heavy atom. The normalized spacial score (nSPS) is 25.9. The topological polar surface area (TPSA) is 38.8 Å². The fraction of sp³-hybridized carbons (Fsp3) is 0.812. The molecule has 0 aromatic rings. The number of carbonyl (C=O) groups excluding carboxylic acids is 1. The first kappa shape index (κ1) is 15.4. The third kappa shape index (κ3) is 3.54. The summed E-state index contributed by atoms with van der Waals surface area (Å²) in [5.41, 5.74) is 0.355. The molecule has 0 aromatic carbocycles. The molecule has 0 radical (unpaired) electrons. The van der Waals surface area contributed by atoms with E-state index < -0.39 is 11.3 Å². The lowest BCUT2D eigenvalue weighted by atomic mass is 10.1. The molecule has 4 nitrogen and oxygen atoms in total. The van der Waals surface area contributed by atoms with Crippen LogP contribution in [-0.4, -0.2) is 35.0 Å². The maximum atomic E-state index is 12.5. The van der Waals surface area contributed by atoms with Crippen LogP contribution in [0.2, 0.25) is 0 Å². The number of nitrogens with zero attached hydrogens (tertiary/aromatic N) is 1. The lowest BCUT2D eigenvalue weighted by Crippen LogP contribution is -2.49. The summed E-state index contributed by atoms with van der Waals surface area (Å²) in [6.07, 6.45) is 6.74. The zero-order valence-corrected chi connectivity index (χ0v) is 13.4. The molecule has 1 saturated carbocycles. The number of carbonyl (C=O) groups is 1. The van der Waals surface area contributed by atoms with Gasteiger partial charge in [0.25, 0.3) is 0 Å². The monoisotopic (exact) mass is 281 g/mol. The third-order valence-electron chi connectivity index (χ3n) is 3.78. The van der Waals surface area contributed by atoms with Gasteiger partial charge in [0.05, 0.1) is 12.6 Å². The summed E-state index contributed by atoms with van der Waals surface area (Å²) in [7, 11) is 0. The van der Waals surface area contributed by atoms with Gasteiger partial charge in [-0.05, 0) is 60.3 Å². The summed E-state index contributed by atoms with van der Waals surface area (Å²) in [5, 5.41) is 0. The molecular formula is C16H27NO3. The second-order valence-electron chi connectivity index (χ2n) is 7.21. The summed E-state index contributed by atoms with van der Waals surface area (Å²) in [4.78, 5) is 14.2. The smallest absolute Gasteiger partial charge is 0.413 e. The molecule has 2 aliphatic rings. The second-order valence-corrected chi connectivity index (χ2v) is 7.21. The van der Waals surface area contributed by atoms with Gasteiger partial charge in [-0.25, -0.2) is 4.79 Å². The average Bonchev–Trinajstić information content (AvgIpc) is 2.84. The van der Waals surface area contributed by atoms with Crippen LogP contribution in [-0.2, 0) is 9.47 Å². The molecule has 0 aromatic heterocycles. The molecule has 2 rings (SSSR count). The van der Waals surface area contributed by atoms with Crippen molar-refractivity contribution in [2.75, 3.05) is 6.61 Å². The molecule has 0 spiro atoms. The molecule has 1 aliphatic heterocycles. The molecule has 4 heteroatoms. The fourth-order valence-corrected chi connectivity index (χ4v) is 2.89. The molecule has 1 amide bonds. The van der Waals surface area contributed by atoms with Crippen LogP contribution < -0.4 is 0 Å². The van der Waals surface area contributed by atoms with Crippen LogP contribution in [0.15, 0.2) is 11.6 Å². The van der Waals surface area contributed by atoms with E-state index in [1.54, 1.807) is 4.90 Å². The van der Waals surface area contributed by atoms with E-state index >= 15 is 0 Å². The van der Waals surface area contributed by atoms with Crippen LogP contribution in [0.3, 0.4) is 0 Å². The van der Waals surface area contributed by atoms with Crippen molar-refractivity contribution in [2.24, 2.45) is 0 Å². The van der Waals surface area contributed by atoms with Gasteiger partial charge in [-0.1, -0.05) is 11.6 Å². The molecule has 0 bridgehead atoms. The summed E-state index contributed by atoms with van der Waals surface area (Å²) < 4.78 is 11.3. The van der Waals surface area contributed by atoms with Gasteiger partial charge in [-0.2, -0.15) is 0 Å². The Morgan fingerprint density at radius 1 is 1.35 bits per heavy atom. The van der Waals surface area contributed by atoms with Crippen LogP contribution in [0.25, 0.3) is 0 Å². The highest BCUT2D eigenvalue weighted by atomic mass is 16.6. The van der Waals surface area contributed by atoms with Crippen LogP contribution in [0.1, 0.15) is 60.3 Å². The minimum Gasteiger partial charge on any atom is -0.444 e. The number of ether oxygens (including phenoxy) is 2. The third-order valence-corrected chi connectivity index (χ3v) is 3.78. The van der Waals surface area contributed by atoms with E-state index in [0.29, 0.717) is 6.61 Å². The summed E-state index contributed by atoms with van der Waals surface area (Å²) in [6, 6.07) is -0.00653. The number of amides is 1. The van der Waals surface area contributed by atoms with E-state index in [4.69, 9.17) is 9.47 Å². The van der Waals surface area contributed by atoms with E-state index in [1.807, 2.05) is 34.6 Å². The number of allylic oxidation sites excluding steroid dienone is 1. The van der Waals surface area contributed by atoms with Gasteiger partial charge in [0.15, 0.2) is 0 Å². The van der Waals surface area contributed by atoms with Gasteiger partial charge in [0.1, 0.15) is 11.3 Å². The molecule has 1 heterocycles. The van der Waals surface area contributed by atoms with Crippen molar-refractivity contribution in [1.82, 2.24) is 4.90 Å². The number of hydrogen-bond donors (Lipinski definition) is 0. The molecule has 0 N–H and O–H groups in total. The van der Waals surface area contributed by atoms with Gasteiger partial charge in [0, 0.05) is 0 Å². The van der Waals surface area contributed by atoms with E-state index in [9.17, 15) is 4.79 Å². The maximum Gasteiger partial charge on any atom is 0.413 e. The zero-order chi connectivity index (χ0) is 15.0. The van der Waals surface area contributed by atoms with Gasteiger partial charge in [0.2, 0.25) is 0 Å². The molecule has 0 unspecified atom stereocenters. The summed E-state index contributed by atoms with van der Waals surface area (Å²) in [5.74, 6) is 0. The maximum absolute atomic E-state index is 12.5. The molecular weight excluding hydrogens is 254 g/mol. The first-order valence-electron chi connectivity index (χ1n) is 7.55. The van der Waals surface area contributed by atoms with Crippen LogP contribution in [0.5, 0.6) is 0 Å². The van der Waals surface area contributed by atoms with Crippen molar-refractivity contribution in [1.29, 1.82) is 0 Å². The van der Waals surface area contributed by atoms with Gasteiger partial charge in [-0.15, -0.1) is 0 Å². The van der Waals surface area contributed by atoms with Crippen molar-refractivity contribution in [3.8, 4) is 0 Å². The van der Waals surface area contributed by atoms with Crippen LogP contribution in [0.4, 0.5) is 4.79 Å². The predicted molar refractivity (Wildman–Crippen MR) is 78.4 cm³/mol. The Bertz CT molecular complexity index is 398. The summed E-state index contributed by atoms with van der Waals surface area (Å²) >= 11 is 0. The Balaban J connectivity index is 2.15. The van der Waals surface area contributed by atoms with Gasteiger partial charge < -0.3 is 9.47 Å². The zero-order valence-electron chi connectivity index (χ0n) is 13.4.